The molecule has 0 saturated heterocycles. The number of para-hydroxylation sites is 1. The van der Waals surface area contributed by atoms with E-state index in [4.69, 9.17) is 9.47 Å². The molecule has 0 spiro atoms. The normalized spacial score (nSPS) is 10.4. The van der Waals surface area contributed by atoms with E-state index in [-0.39, 0.29) is 6.03 Å². The van der Waals surface area contributed by atoms with Gasteiger partial charge >= 0.3 is 6.03 Å². The van der Waals surface area contributed by atoms with Crippen LogP contribution in [0.4, 0.5) is 4.79 Å². The first kappa shape index (κ1) is 19.3. The average Bonchev–Trinajstić information content (AvgIpc) is 3.22. The smallest absolute Gasteiger partial charge is 0.315 e. The summed E-state index contributed by atoms with van der Waals surface area (Å²) in [5, 5.41) is 10.0. The molecule has 2 amide bonds. The van der Waals surface area contributed by atoms with Gasteiger partial charge in [0.05, 0.1) is 26.1 Å². The van der Waals surface area contributed by atoms with Gasteiger partial charge in [-0.3, -0.25) is 0 Å². The van der Waals surface area contributed by atoms with Crippen LogP contribution in [0, 0.1) is 0 Å². The maximum Gasteiger partial charge on any atom is 0.315 e. The highest BCUT2D eigenvalue weighted by atomic mass is 16.5. The van der Waals surface area contributed by atoms with Crippen LogP contribution >= 0.6 is 0 Å². The molecule has 1 heterocycles. The van der Waals surface area contributed by atoms with Crippen LogP contribution in [0.2, 0.25) is 0 Å². The fourth-order valence-corrected chi connectivity index (χ4v) is 2.77. The molecule has 3 aromatic rings. The van der Waals surface area contributed by atoms with Crippen LogP contribution in [0.15, 0.2) is 60.9 Å². The summed E-state index contributed by atoms with van der Waals surface area (Å²) in [5.74, 6) is 1.37. The van der Waals surface area contributed by atoms with Crippen LogP contribution in [-0.4, -0.2) is 36.6 Å². The van der Waals surface area contributed by atoms with Crippen molar-refractivity contribution < 1.29 is 14.3 Å². The minimum absolute atomic E-state index is 0.215. The van der Waals surface area contributed by atoms with Gasteiger partial charge in [-0.25, -0.2) is 9.48 Å². The Morgan fingerprint density at radius 1 is 1.00 bits per heavy atom. The Morgan fingerprint density at radius 3 is 2.54 bits per heavy atom. The Labute approximate surface area is 164 Å². The highest BCUT2D eigenvalue weighted by molar-refractivity contribution is 5.73. The molecule has 0 aliphatic rings. The van der Waals surface area contributed by atoms with E-state index in [0.717, 1.165) is 16.8 Å². The molecule has 7 nitrogen and oxygen atoms in total. The number of methoxy groups -OCH3 is 2. The van der Waals surface area contributed by atoms with E-state index >= 15 is 0 Å². The number of ether oxygens (including phenoxy) is 2. The Balaban J connectivity index is 1.43. The lowest BCUT2D eigenvalue weighted by molar-refractivity contribution is 0.240. The quantitative estimate of drug-likeness (QED) is 0.630. The van der Waals surface area contributed by atoms with Gasteiger partial charge in [-0.05, 0) is 36.2 Å². The lowest BCUT2D eigenvalue weighted by Gasteiger charge is -2.10. The molecule has 0 fully saturated rings. The van der Waals surface area contributed by atoms with E-state index in [9.17, 15) is 4.79 Å². The molecule has 0 atom stereocenters. The van der Waals surface area contributed by atoms with Crippen LogP contribution in [0.5, 0.6) is 11.5 Å². The predicted molar refractivity (Wildman–Crippen MR) is 107 cm³/mol. The number of carbonyl (C=O) groups excluding carboxylic acids is 1. The summed E-state index contributed by atoms with van der Waals surface area (Å²) >= 11 is 0. The standard InChI is InChI=1S/C21H24N4O3/c1-27-19-9-8-16(12-20(19)28-2)10-11-22-21(26)23-13-17-14-24-25(15-17)18-6-4-3-5-7-18/h3-9,12,14-15H,10-11,13H2,1-2H3,(H2,22,23,26). The maximum absolute atomic E-state index is 12.0. The number of amides is 2. The molecule has 0 saturated carbocycles. The van der Waals surface area contributed by atoms with E-state index in [1.54, 1.807) is 25.1 Å². The summed E-state index contributed by atoms with van der Waals surface area (Å²) in [6.07, 6.45) is 4.34. The third-order valence-corrected chi connectivity index (χ3v) is 4.26. The number of hydrogen-bond donors (Lipinski definition) is 2. The molecule has 0 aliphatic carbocycles. The minimum Gasteiger partial charge on any atom is -0.493 e. The molecule has 0 unspecified atom stereocenters. The highest BCUT2D eigenvalue weighted by Crippen LogP contribution is 2.27. The number of urea groups is 1. The van der Waals surface area contributed by atoms with Crippen molar-refractivity contribution in [3.8, 4) is 17.2 Å². The topological polar surface area (TPSA) is 77.4 Å². The second kappa shape index (κ2) is 9.45. The van der Waals surface area contributed by atoms with Crippen molar-refractivity contribution >= 4 is 6.03 Å². The average molecular weight is 380 g/mol. The molecule has 2 aromatic carbocycles. The number of hydrogen-bond acceptors (Lipinski definition) is 4. The largest absolute Gasteiger partial charge is 0.493 e. The van der Waals surface area contributed by atoms with Gasteiger partial charge < -0.3 is 20.1 Å². The van der Waals surface area contributed by atoms with Gasteiger partial charge in [0.1, 0.15) is 0 Å². The molecule has 0 radical (unpaired) electrons. The van der Waals surface area contributed by atoms with Gasteiger partial charge in [0.2, 0.25) is 0 Å². The lowest BCUT2D eigenvalue weighted by Crippen LogP contribution is -2.36. The predicted octanol–water partition coefficient (Wildman–Crippen LogP) is 2.93. The molecule has 7 heteroatoms. The number of aromatic nitrogens is 2. The summed E-state index contributed by atoms with van der Waals surface area (Å²) in [5.41, 5.74) is 2.97. The van der Waals surface area contributed by atoms with Gasteiger partial charge in [0.25, 0.3) is 0 Å². The Morgan fingerprint density at radius 2 is 1.79 bits per heavy atom. The zero-order valence-electron chi connectivity index (χ0n) is 16.0. The summed E-state index contributed by atoms with van der Waals surface area (Å²) < 4.78 is 12.3. The van der Waals surface area contributed by atoms with Crippen LogP contribution in [0.25, 0.3) is 5.69 Å². The molecule has 0 aliphatic heterocycles. The number of rotatable bonds is 8. The maximum atomic E-state index is 12.0. The SMILES string of the molecule is COc1ccc(CCNC(=O)NCc2cnn(-c3ccccc3)c2)cc1OC. The molecule has 146 valence electrons. The van der Waals surface area contributed by atoms with E-state index < -0.39 is 0 Å². The first-order valence-corrected chi connectivity index (χ1v) is 9.01. The first-order chi connectivity index (χ1) is 13.7. The van der Waals surface area contributed by atoms with Crippen molar-refractivity contribution in [2.45, 2.75) is 13.0 Å². The van der Waals surface area contributed by atoms with E-state index in [0.29, 0.717) is 31.0 Å². The number of benzene rings is 2. The Hall–Kier alpha value is -3.48. The lowest BCUT2D eigenvalue weighted by atomic mass is 10.1. The van der Waals surface area contributed by atoms with Gasteiger partial charge in [-0.15, -0.1) is 0 Å². The molecular weight excluding hydrogens is 356 g/mol. The fraction of sp³-hybridized carbons (Fsp3) is 0.238. The molecule has 2 N–H and O–H groups in total. The summed E-state index contributed by atoms with van der Waals surface area (Å²) in [6, 6.07) is 15.3. The number of carbonyl (C=O) groups is 1. The summed E-state index contributed by atoms with van der Waals surface area (Å²) in [7, 11) is 3.21. The van der Waals surface area contributed by atoms with Crippen molar-refractivity contribution in [3.63, 3.8) is 0 Å². The molecule has 28 heavy (non-hydrogen) atoms. The molecule has 3 rings (SSSR count). The Bertz CT molecular complexity index is 909. The van der Waals surface area contributed by atoms with Crippen LogP contribution in [0.3, 0.4) is 0 Å². The Kier molecular flexibility index (Phi) is 6.51. The van der Waals surface area contributed by atoms with Crippen molar-refractivity contribution in [1.82, 2.24) is 20.4 Å². The second-order valence-corrected chi connectivity index (χ2v) is 6.18. The molecular formula is C21H24N4O3. The molecule has 1 aromatic heterocycles. The zero-order chi connectivity index (χ0) is 19.8. The van der Waals surface area contributed by atoms with Crippen molar-refractivity contribution in [2.24, 2.45) is 0 Å². The van der Waals surface area contributed by atoms with Gasteiger partial charge in [-0.1, -0.05) is 24.3 Å². The number of nitrogens with zero attached hydrogens (tertiary/aromatic N) is 2. The van der Waals surface area contributed by atoms with Gasteiger partial charge in [0, 0.05) is 24.8 Å². The summed E-state index contributed by atoms with van der Waals surface area (Å²) in [4.78, 5) is 12.0. The monoisotopic (exact) mass is 380 g/mol. The van der Waals surface area contributed by atoms with Gasteiger partial charge in [-0.2, -0.15) is 5.10 Å². The van der Waals surface area contributed by atoms with Gasteiger partial charge in [0.15, 0.2) is 11.5 Å². The van der Waals surface area contributed by atoms with Crippen molar-refractivity contribution in [1.29, 1.82) is 0 Å². The van der Waals surface area contributed by atoms with Crippen LogP contribution in [0.1, 0.15) is 11.1 Å². The van der Waals surface area contributed by atoms with E-state index in [1.807, 2.05) is 54.7 Å². The third-order valence-electron chi connectivity index (χ3n) is 4.26. The summed E-state index contributed by atoms with van der Waals surface area (Å²) in [6.45, 7) is 0.930. The first-order valence-electron chi connectivity index (χ1n) is 9.01. The zero-order valence-corrected chi connectivity index (χ0v) is 16.0. The van der Waals surface area contributed by atoms with E-state index in [2.05, 4.69) is 15.7 Å². The molecule has 0 bridgehead atoms. The van der Waals surface area contributed by atoms with E-state index in [1.165, 1.54) is 0 Å². The van der Waals surface area contributed by atoms with Crippen LogP contribution < -0.4 is 20.1 Å². The van der Waals surface area contributed by atoms with Crippen LogP contribution in [-0.2, 0) is 13.0 Å². The van der Waals surface area contributed by atoms with Crippen molar-refractivity contribution in [2.75, 3.05) is 20.8 Å². The fourth-order valence-electron chi connectivity index (χ4n) is 2.77. The number of nitrogens with one attached hydrogen (secondary N) is 2. The third kappa shape index (κ3) is 5.03. The van der Waals surface area contributed by atoms with Crippen molar-refractivity contribution in [3.05, 3.63) is 72.1 Å². The highest BCUT2D eigenvalue weighted by Gasteiger charge is 2.06. The second-order valence-electron chi connectivity index (χ2n) is 6.18. The minimum atomic E-state index is -0.215.